The van der Waals surface area contributed by atoms with Gasteiger partial charge in [-0.05, 0) is 24.6 Å². The Morgan fingerprint density at radius 3 is 2.62 bits per heavy atom. The van der Waals surface area contributed by atoms with Crippen LogP contribution in [-0.2, 0) is 14.3 Å². The van der Waals surface area contributed by atoms with Crippen molar-refractivity contribution in [2.24, 2.45) is 0 Å². The molecule has 0 radical (unpaired) electrons. The number of allylic oxidation sites excluding steroid dienone is 1. The van der Waals surface area contributed by atoms with Gasteiger partial charge in [-0.1, -0.05) is 24.3 Å². The molecule has 0 aromatic heterocycles. The summed E-state index contributed by atoms with van der Waals surface area (Å²) in [7, 11) is 1.49. The zero-order valence-electron chi connectivity index (χ0n) is 14.7. The standard InChI is InChI=1S/C18H22N2O6/c1-4-6-13-7-8-14(15(10-13)24-3)25-12-17(22)26-11-16(21)20-18(23)19-9-5-2/h4-8,10H,2,9,11-12H2,1,3H3,(H2,19,20,21,23)/b6-4+. The highest BCUT2D eigenvalue weighted by atomic mass is 16.6. The highest BCUT2D eigenvalue weighted by Crippen LogP contribution is 2.28. The number of hydrogen-bond donors (Lipinski definition) is 2. The minimum absolute atomic E-state index is 0.210. The third-order valence-electron chi connectivity index (χ3n) is 2.92. The van der Waals surface area contributed by atoms with Gasteiger partial charge in [-0.2, -0.15) is 0 Å². The van der Waals surface area contributed by atoms with E-state index >= 15 is 0 Å². The second-order valence-corrected chi connectivity index (χ2v) is 4.91. The van der Waals surface area contributed by atoms with Gasteiger partial charge in [0.15, 0.2) is 24.7 Å². The number of nitrogens with one attached hydrogen (secondary N) is 2. The van der Waals surface area contributed by atoms with E-state index in [1.54, 1.807) is 18.2 Å². The van der Waals surface area contributed by atoms with Gasteiger partial charge in [0.1, 0.15) is 0 Å². The number of amides is 3. The van der Waals surface area contributed by atoms with E-state index in [0.29, 0.717) is 11.5 Å². The molecular formula is C18H22N2O6. The number of benzene rings is 1. The molecule has 1 aromatic rings. The van der Waals surface area contributed by atoms with Crippen LogP contribution >= 0.6 is 0 Å². The van der Waals surface area contributed by atoms with Crippen LogP contribution in [0.15, 0.2) is 36.9 Å². The molecular weight excluding hydrogens is 340 g/mol. The van der Waals surface area contributed by atoms with E-state index in [9.17, 15) is 14.4 Å². The zero-order chi connectivity index (χ0) is 19.4. The van der Waals surface area contributed by atoms with Crippen LogP contribution in [0.1, 0.15) is 12.5 Å². The monoisotopic (exact) mass is 362 g/mol. The van der Waals surface area contributed by atoms with Crippen molar-refractivity contribution in [3.63, 3.8) is 0 Å². The molecule has 0 heterocycles. The Labute approximate surface area is 151 Å². The number of imide groups is 1. The lowest BCUT2D eigenvalue weighted by Crippen LogP contribution is -2.41. The topological polar surface area (TPSA) is 103 Å². The summed E-state index contributed by atoms with van der Waals surface area (Å²) < 4.78 is 15.3. The maximum atomic E-state index is 11.7. The van der Waals surface area contributed by atoms with E-state index < -0.39 is 31.1 Å². The third-order valence-corrected chi connectivity index (χ3v) is 2.92. The van der Waals surface area contributed by atoms with Crippen molar-refractivity contribution >= 4 is 24.0 Å². The average molecular weight is 362 g/mol. The van der Waals surface area contributed by atoms with Gasteiger partial charge in [-0.15, -0.1) is 6.58 Å². The Morgan fingerprint density at radius 2 is 1.96 bits per heavy atom. The number of carbonyl (C=O) groups excluding carboxylic acids is 3. The van der Waals surface area contributed by atoms with E-state index in [2.05, 4.69) is 11.9 Å². The van der Waals surface area contributed by atoms with Crippen molar-refractivity contribution in [3.8, 4) is 11.5 Å². The normalized spacial score (nSPS) is 10.1. The largest absolute Gasteiger partial charge is 0.493 e. The summed E-state index contributed by atoms with van der Waals surface area (Å²) in [6.07, 6.45) is 5.24. The molecule has 0 saturated carbocycles. The number of ether oxygens (including phenoxy) is 3. The van der Waals surface area contributed by atoms with Gasteiger partial charge in [-0.3, -0.25) is 10.1 Å². The van der Waals surface area contributed by atoms with E-state index in [1.165, 1.54) is 13.2 Å². The Bertz CT molecular complexity index is 684. The first-order valence-corrected chi connectivity index (χ1v) is 7.77. The predicted octanol–water partition coefficient (Wildman–Crippen LogP) is 1.66. The zero-order valence-corrected chi connectivity index (χ0v) is 14.7. The van der Waals surface area contributed by atoms with Crippen molar-refractivity contribution in [1.29, 1.82) is 0 Å². The Balaban J connectivity index is 2.43. The van der Waals surface area contributed by atoms with Crippen molar-refractivity contribution in [2.45, 2.75) is 6.92 Å². The first-order valence-electron chi connectivity index (χ1n) is 7.77. The summed E-state index contributed by atoms with van der Waals surface area (Å²) in [6, 6.07) is 4.53. The Morgan fingerprint density at radius 1 is 1.19 bits per heavy atom. The van der Waals surface area contributed by atoms with Crippen LogP contribution in [0.2, 0.25) is 0 Å². The smallest absolute Gasteiger partial charge is 0.344 e. The van der Waals surface area contributed by atoms with Crippen molar-refractivity contribution in [3.05, 3.63) is 42.5 Å². The molecule has 8 heteroatoms. The van der Waals surface area contributed by atoms with Crippen LogP contribution in [0, 0.1) is 0 Å². The lowest BCUT2D eigenvalue weighted by Gasteiger charge is -2.11. The van der Waals surface area contributed by atoms with E-state index in [0.717, 1.165) is 5.56 Å². The number of methoxy groups -OCH3 is 1. The van der Waals surface area contributed by atoms with Crippen molar-refractivity contribution < 1.29 is 28.6 Å². The number of esters is 1. The molecule has 0 aliphatic carbocycles. The molecule has 8 nitrogen and oxygen atoms in total. The average Bonchev–Trinajstić information content (AvgIpc) is 2.63. The summed E-state index contributed by atoms with van der Waals surface area (Å²) in [6.45, 7) is 4.52. The number of hydrogen-bond acceptors (Lipinski definition) is 6. The van der Waals surface area contributed by atoms with Crippen LogP contribution in [-0.4, -0.2) is 44.8 Å². The quantitative estimate of drug-likeness (QED) is 0.512. The van der Waals surface area contributed by atoms with Gasteiger partial charge in [-0.25, -0.2) is 9.59 Å². The van der Waals surface area contributed by atoms with Gasteiger partial charge >= 0.3 is 12.0 Å². The molecule has 0 unspecified atom stereocenters. The molecule has 0 atom stereocenters. The molecule has 1 aromatic carbocycles. The van der Waals surface area contributed by atoms with Crippen LogP contribution in [0.4, 0.5) is 4.79 Å². The predicted molar refractivity (Wildman–Crippen MR) is 95.9 cm³/mol. The lowest BCUT2D eigenvalue weighted by molar-refractivity contribution is -0.150. The fourth-order valence-electron chi connectivity index (χ4n) is 1.80. The Hall–Kier alpha value is -3.29. The highest BCUT2D eigenvalue weighted by Gasteiger charge is 2.12. The fraction of sp³-hybridized carbons (Fsp3) is 0.278. The summed E-state index contributed by atoms with van der Waals surface area (Å²) in [5, 5.41) is 4.35. The molecule has 0 bridgehead atoms. The highest BCUT2D eigenvalue weighted by molar-refractivity contribution is 5.95. The summed E-state index contributed by atoms with van der Waals surface area (Å²) in [5.74, 6) is -0.685. The molecule has 0 spiro atoms. The van der Waals surface area contributed by atoms with E-state index in [1.807, 2.05) is 24.4 Å². The van der Waals surface area contributed by atoms with Crippen LogP contribution < -0.4 is 20.1 Å². The van der Waals surface area contributed by atoms with Crippen molar-refractivity contribution in [2.75, 3.05) is 26.9 Å². The number of urea groups is 1. The van der Waals surface area contributed by atoms with Crippen molar-refractivity contribution in [1.82, 2.24) is 10.6 Å². The molecule has 26 heavy (non-hydrogen) atoms. The fourth-order valence-corrected chi connectivity index (χ4v) is 1.80. The van der Waals surface area contributed by atoms with Gasteiger partial charge in [0, 0.05) is 6.54 Å². The lowest BCUT2D eigenvalue weighted by atomic mass is 10.2. The van der Waals surface area contributed by atoms with Crippen LogP contribution in [0.25, 0.3) is 6.08 Å². The maximum Gasteiger partial charge on any atom is 0.344 e. The molecule has 0 aliphatic rings. The first-order chi connectivity index (χ1) is 12.5. The first kappa shape index (κ1) is 20.8. The molecule has 0 fully saturated rings. The summed E-state index contributed by atoms with van der Waals surface area (Å²) in [5.41, 5.74) is 0.922. The summed E-state index contributed by atoms with van der Waals surface area (Å²) in [4.78, 5) is 34.3. The molecule has 0 saturated heterocycles. The van der Waals surface area contributed by atoms with Crippen LogP contribution in [0.3, 0.4) is 0 Å². The second-order valence-electron chi connectivity index (χ2n) is 4.91. The molecule has 0 aliphatic heterocycles. The van der Waals surface area contributed by atoms with Gasteiger partial charge in [0.25, 0.3) is 5.91 Å². The summed E-state index contributed by atoms with van der Waals surface area (Å²) >= 11 is 0. The molecule has 2 N–H and O–H groups in total. The Kier molecular flexibility index (Phi) is 9.02. The van der Waals surface area contributed by atoms with Gasteiger partial charge in [0.2, 0.25) is 0 Å². The van der Waals surface area contributed by atoms with Gasteiger partial charge < -0.3 is 19.5 Å². The third kappa shape index (κ3) is 7.52. The van der Waals surface area contributed by atoms with E-state index in [-0.39, 0.29) is 6.54 Å². The SMILES string of the molecule is C=CCNC(=O)NC(=O)COC(=O)COc1ccc(/C=C/C)cc1OC. The molecule has 140 valence electrons. The molecule has 3 amide bonds. The second kappa shape index (κ2) is 11.3. The van der Waals surface area contributed by atoms with Crippen LogP contribution in [0.5, 0.6) is 11.5 Å². The minimum atomic E-state index is -0.758. The number of carbonyl (C=O) groups is 3. The minimum Gasteiger partial charge on any atom is -0.493 e. The van der Waals surface area contributed by atoms with Gasteiger partial charge in [0.05, 0.1) is 7.11 Å². The van der Waals surface area contributed by atoms with E-state index in [4.69, 9.17) is 14.2 Å². The number of rotatable bonds is 9. The maximum absolute atomic E-state index is 11.7. The molecule has 1 rings (SSSR count).